The number of hydrogen-bond acceptors (Lipinski definition) is 5. The van der Waals surface area contributed by atoms with Gasteiger partial charge in [0, 0.05) is 12.3 Å². The van der Waals surface area contributed by atoms with Crippen molar-refractivity contribution in [3.8, 4) is 0 Å². The van der Waals surface area contributed by atoms with Gasteiger partial charge in [0.15, 0.2) is 5.17 Å². The Hall–Kier alpha value is -0.910. The number of carbonyl (C=O) groups is 1. The maximum absolute atomic E-state index is 10.4. The maximum atomic E-state index is 10.4. The molecule has 0 aromatic carbocycles. The molecule has 1 aliphatic heterocycles. The predicted molar refractivity (Wildman–Crippen MR) is 73.8 cm³/mol. The number of amides is 1. The van der Waals surface area contributed by atoms with Gasteiger partial charge in [-0.05, 0) is 18.3 Å². The summed E-state index contributed by atoms with van der Waals surface area (Å²) in [4.78, 5) is 15.0. The fourth-order valence-corrected chi connectivity index (χ4v) is 3.76. The summed E-state index contributed by atoms with van der Waals surface area (Å²) < 4.78 is 4.65. The molecule has 0 unspecified atom stereocenters. The molecule has 0 bridgehead atoms. The standard InChI is InChI=1S/C12H21N3O2S/c13-10(16)17-7-6-14-11-15-8-12(9-18-11)4-2-1-3-5-12/h1-9H2,(H2,13,16)(H,14,15). The largest absolute Gasteiger partial charge is 0.448 e. The van der Waals surface area contributed by atoms with E-state index in [-0.39, 0.29) is 0 Å². The fraction of sp³-hybridized carbons (Fsp3) is 0.833. The first-order chi connectivity index (χ1) is 8.70. The molecule has 0 aromatic heterocycles. The zero-order chi connectivity index (χ0) is 12.8. The molecule has 1 heterocycles. The van der Waals surface area contributed by atoms with Crippen molar-refractivity contribution in [3.05, 3.63) is 0 Å². The third-order valence-corrected chi connectivity index (χ3v) is 4.91. The highest BCUT2D eigenvalue weighted by Crippen LogP contribution is 2.41. The number of carbonyl (C=O) groups excluding carboxylic acids is 1. The van der Waals surface area contributed by atoms with Crippen LogP contribution in [0.25, 0.3) is 0 Å². The lowest BCUT2D eigenvalue weighted by Crippen LogP contribution is -2.37. The van der Waals surface area contributed by atoms with Gasteiger partial charge in [-0.25, -0.2) is 4.79 Å². The summed E-state index contributed by atoms with van der Waals surface area (Å²) >= 11 is 1.79. The molecule has 3 N–H and O–H groups in total. The summed E-state index contributed by atoms with van der Waals surface area (Å²) in [5.74, 6) is 1.16. The van der Waals surface area contributed by atoms with Crippen molar-refractivity contribution >= 4 is 23.0 Å². The summed E-state index contributed by atoms with van der Waals surface area (Å²) in [5.41, 5.74) is 5.34. The van der Waals surface area contributed by atoms with E-state index in [0.717, 1.165) is 17.5 Å². The van der Waals surface area contributed by atoms with Gasteiger partial charge in [-0.1, -0.05) is 31.0 Å². The minimum atomic E-state index is -0.726. The van der Waals surface area contributed by atoms with Crippen LogP contribution < -0.4 is 11.1 Å². The van der Waals surface area contributed by atoms with Crippen molar-refractivity contribution in [3.63, 3.8) is 0 Å². The zero-order valence-electron chi connectivity index (χ0n) is 10.6. The second-order valence-electron chi connectivity index (χ2n) is 5.06. The number of primary amides is 1. The number of thioether (sulfide) groups is 1. The van der Waals surface area contributed by atoms with Crippen molar-refractivity contribution < 1.29 is 9.53 Å². The Morgan fingerprint density at radius 1 is 1.44 bits per heavy atom. The van der Waals surface area contributed by atoms with Gasteiger partial charge in [-0.3, -0.25) is 4.99 Å². The van der Waals surface area contributed by atoms with Crippen LogP contribution in [0.4, 0.5) is 4.79 Å². The van der Waals surface area contributed by atoms with E-state index in [1.807, 2.05) is 0 Å². The van der Waals surface area contributed by atoms with Crippen LogP contribution in [0.5, 0.6) is 0 Å². The van der Waals surface area contributed by atoms with Crippen LogP contribution in [-0.2, 0) is 4.74 Å². The maximum Gasteiger partial charge on any atom is 0.404 e. The van der Waals surface area contributed by atoms with Crippen LogP contribution in [0.1, 0.15) is 32.1 Å². The molecule has 0 atom stereocenters. The third kappa shape index (κ3) is 3.80. The lowest BCUT2D eigenvalue weighted by atomic mass is 9.75. The van der Waals surface area contributed by atoms with E-state index in [0.29, 0.717) is 18.6 Å². The zero-order valence-corrected chi connectivity index (χ0v) is 11.4. The molecule has 1 fully saturated rings. The SMILES string of the molecule is NC(=O)OCCNC1=NCC2(CCCCC2)CS1. The molecule has 6 heteroatoms. The van der Waals surface area contributed by atoms with Crippen LogP contribution in [0, 0.1) is 5.41 Å². The van der Waals surface area contributed by atoms with Crippen LogP contribution in [0.3, 0.4) is 0 Å². The first-order valence-electron chi connectivity index (χ1n) is 6.54. The molecule has 2 rings (SSSR count). The Balaban J connectivity index is 1.71. The minimum Gasteiger partial charge on any atom is -0.448 e. The molecule has 1 amide bonds. The van der Waals surface area contributed by atoms with E-state index in [9.17, 15) is 4.79 Å². The molecule has 2 aliphatic rings. The van der Waals surface area contributed by atoms with E-state index >= 15 is 0 Å². The normalized spacial score (nSPS) is 22.3. The lowest BCUT2D eigenvalue weighted by molar-refractivity contribution is 0.159. The van der Waals surface area contributed by atoms with Gasteiger partial charge in [-0.15, -0.1) is 0 Å². The lowest BCUT2D eigenvalue weighted by Gasteiger charge is -2.38. The van der Waals surface area contributed by atoms with Crippen LogP contribution in [0.2, 0.25) is 0 Å². The summed E-state index contributed by atoms with van der Waals surface area (Å²) in [6.45, 7) is 1.81. The minimum absolute atomic E-state index is 0.292. The van der Waals surface area contributed by atoms with Gasteiger partial charge in [0.1, 0.15) is 6.61 Å². The summed E-state index contributed by atoms with van der Waals surface area (Å²) in [6.07, 6.45) is 6.00. The molecule has 0 aromatic rings. The first-order valence-corrected chi connectivity index (χ1v) is 7.52. The highest BCUT2D eigenvalue weighted by Gasteiger charge is 2.34. The van der Waals surface area contributed by atoms with Crippen LogP contribution >= 0.6 is 11.8 Å². The number of ether oxygens (including phenoxy) is 1. The van der Waals surface area contributed by atoms with Gasteiger partial charge in [0.2, 0.25) is 0 Å². The number of nitrogens with zero attached hydrogens (tertiary/aromatic N) is 1. The molecular formula is C12H21N3O2S. The number of hydrogen-bond donors (Lipinski definition) is 2. The van der Waals surface area contributed by atoms with Crippen molar-refractivity contribution in [2.24, 2.45) is 16.1 Å². The van der Waals surface area contributed by atoms with E-state index in [4.69, 9.17) is 5.73 Å². The molecule has 1 spiro atoms. The van der Waals surface area contributed by atoms with Gasteiger partial charge in [-0.2, -0.15) is 0 Å². The van der Waals surface area contributed by atoms with Crippen LogP contribution in [0.15, 0.2) is 4.99 Å². The molecule has 0 saturated heterocycles. The topological polar surface area (TPSA) is 76.7 Å². The van der Waals surface area contributed by atoms with Gasteiger partial charge < -0.3 is 15.8 Å². The average molecular weight is 271 g/mol. The highest BCUT2D eigenvalue weighted by atomic mass is 32.2. The molecule has 0 radical (unpaired) electrons. The molecule has 18 heavy (non-hydrogen) atoms. The fourth-order valence-electron chi connectivity index (χ4n) is 2.57. The number of rotatable bonds is 3. The Morgan fingerprint density at radius 3 is 2.83 bits per heavy atom. The number of nitrogens with one attached hydrogen (secondary N) is 1. The van der Waals surface area contributed by atoms with Gasteiger partial charge in [0.05, 0.1) is 6.54 Å². The summed E-state index contributed by atoms with van der Waals surface area (Å²) in [7, 11) is 0. The molecule has 5 nitrogen and oxygen atoms in total. The van der Waals surface area contributed by atoms with E-state index < -0.39 is 6.09 Å². The smallest absolute Gasteiger partial charge is 0.404 e. The third-order valence-electron chi connectivity index (χ3n) is 3.61. The Bertz CT molecular complexity index is 327. The Labute approximate surface area is 112 Å². The van der Waals surface area contributed by atoms with Crippen LogP contribution in [-0.4, -0.2) is 36.7 Å². The van der Waals surface area contributed by atoms with Crippen molar-refractivity contribution in [1.29, 1.82) is 0 Å². The van der Waals surface area contributed by atoms with Crippen molar-refractivity contribution in [2.75, 3.05) is 25.4 Å². The van der Waals surface area contributed by atoms with E-state index in [1.165, 1.54) is 32.1 Å². The Morgan fingerprint density at radius 2 is 2.22 bits per heavy atom. The second kappa shape index (κ2) is 6.31. The predicted octanol–water partition coefficient (Wildman–Crippen LogP) is 1.72. The van der Waals surface area contributed by atoms with Crippen molar-refractivity contribution in [2.45, 2.75) is 32.1 Å². The van der Waals surface area contributed by atoms with E-state index in [2.05, 4.69) is 15.0 Å². The molecular weight excluding hydrogens is 250 g/mol. The molecule has 1 aliphatic carbocycles. The number of amidine groups is 1. The number of nitrogens with two attached hydrogens (primary N) is 1. The van der Waals surface area contributed by atoms with Gasteiger partial charge >= 0.3 is 6.09 Å². The van der Waals surface area contributed by atoms with Crippen molar-refractivity contribution in [1.82, 2.24) is 5.32 Å². The molecule has 102 valence electrons. The average Bonchev–Trinajstić information content (AvgIpc) is 2.38. The number of aliphatic imine (C=N–C) groups is 1. The summed E-state index contributed by atoms with van der Waals surface area (Å²) in [5, 5.41) is 4.15. The second-order valence-corrected chi connectivity index (χ2v) is 6.03. The van der Waals surface area contributed by atoms with E-state index in [1.54, 1.807) is 11.8 Å². The highest BCUT2D eigenvalue weighted by molar-refractivity contribution is 8.13. The van der Waals surface area contributed by atoms with Gasteiger partial charge in [0.25, 0.3) is 0 Å². The monoisotopic (exact) mass is 271 g/mol. The quantitative estimate of drug-likeness (QED) is 0.766. The summed E-state index contributed by atoms with van der Waals surface area (Å²) in [6, 6.07) is 0. The Kier molecular flexibility index (Phi) is 4.74. The first kappa shape index (κ1) is 13.5. The molecule has 1 saturated carbocycles.